The molecule has 0 bridgehead atoms. The van der Waals surface area contributed by atoms with Gasteiger partial charge >= 0.3 is 0 Å². The molecular weight excluding hydrogens is 369 g/mol. The SMILES string of the molecule is CCn1c(=O)/c(=C2\Sc3cc(F)ccc3N2C)s/c1=C\c1ccncc1. The fraction of sp³-hybridized carbons (Fsp3) is 0.158. The first-order chi connectivity index (χ1) is 12.6. The quantitative estimate of drug-likeness (QED) is 0.680. The highest BCUT2D eigenvalue weighted by atomic mass is 32.2. The lowest BCUT2D eigenvalue weighted by Gasteiger charge is -2.12. The second-order valence-electron chi connectivity index (χ2n) is 5.82. The number of nitrogens with zero attached hydrogens (tertiary/aromatic N) is 3. The van der Waals surface area contributed by atoms with Crippen molar-refractivity contribution in [2.75, 3.05) is 11.9 Å². The number of aromatic nitrogens is 2. The Balaban J connectivity index is 1.93. The molecule has 26 heavy (non-hydrogen) atoms. The normalized spacial score (nSPS) is 16.3. The van der Waals surface area contributed by atoms with E-state index in [1.54, 1.807) is 23.0 Å². The number of pyridine rings is 1. The molecule has 1 aliphatic heterocycles. The molecule has 0 atom stereocenters. The van der Waals surface area contributed by atoms with E-state index in [9.17, 15) is 9.18 Å². The first-order valence-corrected chi connectivity index (χ1v) is 9.78. The van der Waals surface area contributed by atoms with E-state index in [-0.39, 0.29) is 11.4 Å². The summed E-state index contributed by atoms with van der Waals surface area (Å²) in [5.41, 5.74) is 1.90. The first-order valence-electron chi connectivity index (χ1n) is 8.15. The number of benzene rings is 1. The zero-order valence-corrected chi connectivity index (χ0v) is 15.9. The zero-order valence-electron chi connectivity index (χ0n) is 14.3. The summed E-state index contributed by atoms with van der Waals surface area (Å²) in [7, 11) is 1.91. The molecule has 0 spiro atoms. The van der Waals surface area contributed by atoms with Crippen LogP contribution in [-0.4, -0.2) is 16.6 Å². The van der Waals surface area contributed by atoms with Crippen LogP contribution in [-0.2, 0) is 6.54 Å². The lowest BCUT2D eigenvalue weighted by Crippen LogP contribution is -2.33. The van der Waals surface area contributed by atoms with Gasteiger partial charge in [0.25, 0.3) is 5.56 Å². The second-order valence-corrected chi connectivity index (χ2v) is 7.88. The van der Waals surface area contributed by atoms with Gasteiger partial charge in [0.05, 0.1) is 10.4 Å². The van der Waals surface area contributed by atoms with E-state index in [4.69, 9.17) is 0 Å². The first kappa shape index (κ1) is 17.1. The van der Waals surface area contributed by atoms with Crippen LogP contribution >= 0.6 is 23.1 Å². The fourth-order valence-corrected chi connectivity index (χ4v) is 5.40. The van der Waals surface area contributed by atoms with Gasteiger partial charge in [0.2, 0.25) is 0 Å². The van der Waals surface area contributed by atoms with E-state index in [0.29, 0.717) is 11.1 Å². The highest BCUT2D eigenvalue weighted by molar-refractivity contribution is 8.08. The maximum atomic E-state index is 13.5. The topological polar surface area (TPSA) is 38.1 Å². The summed E-state index contributed by atoms with van der Waals surface area (Å²) in [6, 6.07) is 8.53. The molecule has 0 unspecified atom stereocenters. The van der Waals surface area contributed by atoms with E-state index in [2.05, 4.69) is 4.98 Å². The maximum Gasteiger partial charge on any atom is 0.271 e. The van der Waals surface area contributed by atoms with Crippen LogP contribution in [0.2, 0.25) is 0 Å². The summed E-state index contributed by atoms with van der Waals surface area (Å²) in [5, 5.41) is 0.845. The average Bonchev–Trinajstić information content (AvgIpc) is 3.12. The van der Waals surface area contributed by atoms with Crippen LogP contribution in [0, 0.1) is 5.82 Å². The molecule has 2 aromatic heterocycles. The summed E-state index contributed by atoms with van der Waals surface area (Å²) >= 11 is 2.90. The van der Waals surface area contributed by atoms with Crippen molar-refractivity contribution < 1.29 is 4.39 Å². The van der Waals surface area contributed by atoms with E-state index < -0.39 is 0 Å². The van der Waals surface area contributed by atoms with Crippen molar-refractivity contribution in [3.63, 3.8) is 0 Å². The van der Waals surface area contributed by atoms with Gasteiger partial charge in [-0.15, -0.1) is 11.3 Å². The Morgan fingerprint density at radius 2 is 2.00 bits per heavy atom. The fourth-order valence-electron chi connectivity index (χ4n) is 2.90. The van der Waals surface area contributed by atoms with E-state index in [1.807, 2.05) is 37.1 Å². The van der Waals surface area contributed by atoms with Crippen molar-refractivity contribution in [3.05, 3.63) is 73.7 Å². The molecule has 0 saturated carbocycles. The minimum absolute atomic E-state index is 0.0135. The van der Waals surface area contributed by atoms with Crippen molar-refractivity contribution in [3.8, 4) is 0 Å². The van der Waals surface area contributed by atoms with Crippen LogP contribution in [0.5, 0.6) is 0 Å². The number of hydrogen-bond donors (Lipinski definition) is 0. The van der Waals surface area contributed by atoms with Crippen molar-refractivity contribution in [2.24, 2.45) is 0 Å². The Labute approximate surface area is 157 Å². The number of rotatable bonds is 2. The van der Waals surface area contributed by atoms with Crippen molar-refractivity contribution >= 4 is 39.9 Å². The lowest BCUT2D eigenvalue weighted by molar-refractivity contribution is 0.624. The summed E-state index contributed by atoms with van der Waals surface area (Å²) in [5.74, 6) is -0.269. The van der Waals surface area contributed by atoms with E-state index in [1.165, 1.54) is 35.2 Å². The van der Waals surface area contributed by atoms with Gasteiger partial charge in [-0.05, 0) is 48.9 Å². The molecule has 0 aliphatic carbocycles. The number of hydrogen-bond acceptors (Lipinski definition) is 5. The highest BCUT2D eigenvalue weighted by Crippen LogP contribution is 2.45. The summed E-state index contributed by atoms with van der Waals surface area (Å²) < 4.78 is 16.9. The molecule has 132 valence electrons. The van der Waals surface area contributed by atoms with Crippen molar-refractivity contribution in [2.45, 2.75) is 18.4 Å². The number of halogens is 1. The maximum absolute atomic E-state index is 13.5. The molecule has 7 heteroatoms. The van der Waals surface area contributed by atoms with Gasteiger partial charge in [0.15, 0.2) is 0 Å². The highest BCUT2D eigenvalue weighted by Gasteiger charge is 2.25. The molecule has 1 aliphatic rings. The molecule has 1 aromatic carbocycles. The molecule has 0 N–H and O–H groups in total. The van der Waals surface area contributed by atoms with Crippen molar-refractivity contribution in [1.82, 2.24) is 9.55 Å². The smallest absolute Gasteiger partial charge is 0.271 e. The summed E-state index contributed by atoms with van der Waals surface area (Å²) in [6.07, 6.45) is 5.46. The van der Waals surface area contributed by atoms with Crippen LogP contribution in [0.25, 0.3) is 11.1 Å². The minimum atomic E-state index is -0.269. The predicted octanol–water partition coefficient (Wildman–Crippen LogP) is 2.60. The van der Waals surface area contributed by atoms with Gasteiger partial charge in [-0.25, -0.2) is 4.39 Å². The monoisotopic (exact) mass is 385 g/mol. The van der Waals surface area contributed by atoms with Gasteiger partial charge in [0.1, 0.15) is 15.4 Å². The van der Waals surface area contributed by atoms with Gasteiger partial charge < -0.3 is 4.90 Å². The lowest BCUT2D eigenvalue weighted by atomic mass is 10.3. The minimum Gasteiger partial charge on any atom is -0.337 e. The van der Waals surface area contributed by atoms with E-state index >= 15 is 0 Å². The molecule has 3 heterocycles. The molecule has 4 nitrogen and oxygen atoms in total. The third-order valence-corrected chi connectivity index (χ3v) is 6.68. The van der Waals surface area contributed by atoms with E-state index in [0.717, 1.165) is 25.8 Å². The Kier molecular flexibility index (Phi) is 4.42. The predicted molar refractivity (Wildman–Crippen MR) is 105 cm³/mol. The molecule has 0 fully saturated rings. The number of thiazole rings is 1. The third kappa shape index (κ3) is 2.87. The summed E-state index contributed by atoms with van der Waals surface area (Å²) in [4.78, 5) is 19.8. The third-order valence-electron chi connectivity index (χ3n) is 4.21. The largest absolute Gasteiger partial charge is 0.337 e. The standard InChI is InChI=1S/C19H16FN3OS2/c1-3-23-16(10-12-6-8-21-9-7-12)26-17(18(23)24)19-22(2)14-5-4-13(20)11-15(14)25-19/h4-11H,3H2,1-2H3/b16-10-,19-17+. The molecule has 3 aromatic rings. The Hall–Kier alpha value is -2.38. The molecule has 4 rings (SSSR count). The molecule has 0 saturated heterocycles. The van der Waals surface area contributed by atoms with Crippen LogP contribution in [0.4, 0.5) is 10.1 Å². The Morgan fingerprint density at radius 3 is 2.73 bits per heavy atom. The Bertz CT molecular complexity index is 1150. The van der Waals surface area contributed by atoms with Gasteiger partial charge in [-0.2, -0.15) is 0 Å². The zero-order chi connectivity index (χ0) is 18.3. The average molecular weight is 385 g/mol. The van der Waals surface area contributed by atoms with Gasteiger partial charge in [0, 0.05) is 30.9 Å². The van der Waals surface area contributed by atoms with Crippen LogP contribution in [0.1, 0.15) is 12.5 Å². The molecular formula is C19H16FN3OS2. The number of thioether (sulfide) groups is 1. The van der Waals surface area contributed by atoms with Crippen molar-refractivity contribution in [1.29, 1.82) is 0 Å². The molecule has 0 radical (unpaired) electrons. The Morgan fingerprint density at radius 1 is 1.23 bits per heavy atom. The number of fused-ring (bicyclic) bond motifs is 1. The van der Waals surface area contributed by atoms with Crippen LogP contribution < -0.4 is 19.7 Å². The molecule has 0 amide bonds. The summed E-state index contributed by atoms with van der Waals surface area (Å²) in [6.45, 7) is 2.55. The van der Waals surface area contributed by atoms with Crippen LogP contribution in [0.3, 0.4) is 0 Å². The van der Waals surface area contributed by atoms with Crippen LogP contribution in [0.15, 0.2) is 52.4 Å². The second kappa shape index (κ2) is 6.74. The number of anilines is 1. The van der Waals surface area contributed by atoms with Gasteiger partial charge in [-0.1, -0.05) is 11.8 Å². The van der Waals surface area contributed by atoms with Gasteiger partial charge in [-0.3, -0.25) is 14.3 Å².